The molecule has 0 spiro atoms. The summed E-state index contributed by atoms with van der Waals surface area (Å²) in [6.07, 6.45) is -2.91. The number of nitrogens with zero attached hydrogens (tertiary/aromatic N) is 2. The number of sulfone groups is 1. The third-order valence-corrected chi connectivity index (χ3v) is 7.14. The van der Waals surface area contributed by atoms with Crippen LogP contribution >= 0.6 is 0 Å². The van der Waals surface area contributed by atoms with Gasteiger partial charge in [-0.25, -0.2) is 13.4 Å². The van der Waals surface area contributed by atoms with Crippen molar-refractivity contribution in [2.75, 3.05) is 50.3 Å². The first-order chi connectivity index (χ1) is 18.5. The van der Waals surface area contributed by atoms with Gasteiger partial charge in [0, 0.05) is 43.7 Å². The van der Waals surface area contributed by atoms with E-state index < -0.39 is 21.6 Å². The van der Waals surface area contributed by atoms with Crippen LogP contribution in [0.15, 0.2) is 59.6 Å². The van der Waals surface area contributed by atoms with Crippen molar-refractivity contribution in [3.8, 4) is 5.75 Å². The van der Waals surface area contributed by atoms with Crippen LogP contribution in [0, 0.1) is 0 Å². The van der Waals surface area contributed by atoms with Crippen molar-refractivity contribution in [2.45, 2.75) is 17.6 Å². The standard InChI is InChI=1S/C26H27F3N4O5S/c1-37-23-13-18(25(34)33-8-10-38-11-9-33)6-7-21(23)32-24-14-22(20(16-31-24)26(27,28)29)30-15-17-4-3-5-19(12-17)39(2,35)36/h3-7,12-14,16H,8-11,15H2,1-2H3,(H2,30,31,32). The van der Waals surface area contributed by atoms with Gasteiger partial charge in [0.1, 0.15) is 11.6 Å². The molecule has 9 nitrogen and oxygen atoms in total. The van der Waals surface area contributed by atoms with E-state index in [1.165, 1.54) is 31.4 Å². The van der Waals surface area contributed by atoms with Crippen LogP contribution in [0.1, 0.15) is 21.5 Å². The molecule has 0 unspecified atom stereocenters. The van der Waals surface area contributed by atoms with E-state index in [1.807, 2.05) is 0 Å². The number of nitrogens with one attached hydrogen (secondary N) is 2. The smallest absolute Gasteiger partial charge is 0.419 e. The van der Waals surface area contributed by atoms with Crippen molar-refractivity contribution in [1.29, 1.82) is 0 Å². The minimum absolute atomic E-state index is 0.0580. The first kappa shape index (κ1) is 28.2. The molecule has 4 rings (SSSR count). The van der Waals surface area contributed by atoms with Crippen molar-refractivity contribution in [3.05, 3.63) is 71.4 Å². The van der Waals surface area contributed by atoms with Gasteiger partial charge in [-0.3, -0.25) is 4.79 Å². The highest BCUT2D eigenvalue weighted by atomic mass is 32.2. The number of aromatic nitrogens is 1. The highest BCUT2D eigenvalue weighted by Gasteiger charge is 2.34. The second-order valence-corrected chi connectivity index (χ2v) is 10.8. The van der Waals surface area contributed by atoms with Crippen LogP contribution in [0.5, 0.6) is 5.75 Å². The molecule has 39 heavy (non-hydrogen) atoms. The molecule has 1 fully saturated rings. The molecule has 208 valence electrons. The Labute approximate surface area is 223 Å². The Morgan fingerprint density at radius 2 is 1.85 bits per heavy atom. The van der Waals surface area contributed by atoms with Gasteiger partial charge in [-0.05, 0) is 35.9 Å². The molecule has 3 aromatic rings. The van der Waals surface area contributed by atoms with E-state index in [2.05, 4.69) is 15.6 Å². The molecule has 13 heteroatoms. The fourth-order valence-corrected chi connectivity index (χ4v) is 4.68. The number of halogens is 3. The molecule has 0 aliphatic carbocycles. The maximum Gasteiger partial charge on any atom is 0.419 e. The molecule has 0 saturated carbocycles. The molecule has 2 aromatic carbocycles. The monoisotopic (exact) mass is 564 g/mol. The molecule has 0 bridgehead atoms. The van der Waals surface area contributed by atoms with Gasteiger partial charge in [0.25, 0.3) is 5.91 Å². The van der Waals surface area contributed by atoms with Gasteiger partial charge in [0.05, 0.1) is 42.2 Å². The van der Waals surface area contributed by atoms with Crippen molar-refractivity contribution >= 4 is 32.9 Å². The van der Waals surface area contributed by atoms with E-state index in [0.29, 0.717) is 55.1 Å². The Morgan fingerprint density at radius 1 is 1.10 bits per heavy atom. The van der Waals surface area contributed by atoms with Crippen LogP contribution in [-0.2, 0) is 27.3 Å². The van der Waals surface area contributed by atoms with Gasteiger partial charge in [-0.2, -0.15) is 13.2 Å². The zero-order valence-electron chi connectivity index (χ0n) is 21.2. The number of hydrogen-bond donors (Lipinski definition) is 2. The first-order valence-electron chi connectivity index (χ1n) is 11.9. The van der Waals surface area contributed by atoms with Gasteiger partial charge in [-0.1, -0.05) is 12.1 Å². The number of morpholine rings is 1. The Bertz CT molecular complexity index is 1460. The maximum absolute atomic E-state index is 13.7. The Balaban J connectivity index is 1.57. The second kappa shape index (κ2) is 11.5. The maximum atomic E-state index is 13.7. The van der Waals surface area contributed by atoms with Crippen molar-refractivity contribution in [1.82, 2.24) is 9.88 Å². The van der Waals surface area contributed by atoms with Crippen LogP contribution in [0.25, 0.3) is 0 Å². The number of carbonyl (C=O) groups is 1. The lowest BCUT2D eigenvalue weighted by Gasteiger charge is -2.27. The molecule has 1 aliphatic heterocycles. The molecular weight excluding hydrogens is 537 g/mol. The quantitative estimate of drug-likeness (QED) is 0.416. The summed E-state index contributed by atoms with van der Waals surface area (Å²) in [7, 11) is -2.05. The minimum Gasteiger partial charge on any atom is -0.495 e. The summed E-state index contributed by atoms with van der Waals surface area (Å²) in [6.45, 7) is 1.82. The summed E-state index contributed by atoms with van der Waals surface area (Å²) in [5.74, 6) is 0.228. The fraction of sp³-hybridized carbons (Fsp3) is 0.308. The average Bonchev–Trinajstić information content (AvgIpc) is 2.91. The summed E-state index contributed by atoms with van der Waals surface area (Å²) in [4.78, 5) is 18.5. The number of alkyl halides is 3. The zero-order chi connectivity index (χ0) is 28.2. The van der Waals surface area contributed by atoms with E-state index in [9.17, 15) is 26.4 Å². The Morgan fingerprint density at radius 3 is 2.51 bits per heavy atom. The second-order valence-electron chi connectivity index (χ2n) is 8.83. The summed E-state index contributed by atoms with van der Waals surface area (Å²) in [6, 6.07) is 11.9. The Kier molecular flexibility index (Phi) is 8.31. The summed E-state index contributed by atoms with van der Waals surface area (Å²) >= 11 is 0. The van der Waals surface area contributed by atoms with E-state index >= 15 is 0 Å². The van der Waals surface area contributed by atoms with Gasteiger partial charge < -0.3 is 25.0 Å². The van der Waals surface area contributed by atoms with Crippen molar-refractivity contribution in [3.63, 3.8) is 0 Å². The number of anilines is 3. The SMILES string of the molecule is COc1cc(C(=O)N2CCOCC2)ccc1Nc1cc(NCc2cccc(S(C)(=O)=O)c2)c(C(F)(F)F)cn1. The number of carbonyl (C=O) groups excluding carboxylic acids is 1. The normalized spacial score (nSPS) is 14.1. The number of benzene rings is 2. The number of methoxy groups -OCH3 is 1. The fourth-order valence-electron chi connectivity index (χ4n) is 3.99. The molecule has 0 atom stereocenters. The van der Waals surface area contributed by atoms with Crippen LogP contribution in [0.4, 0.5) is 30.4 Å². The molecule has 1 amide bonds. The third-order valence-electron chi connectivity index (χ3n) is 6.03. The van der Waals surface area contributed by atoms with Crippen LogP contribution in [0.2, 0.25) is 0 Å². The summed E-state index contributed by atoms with van der Waals surface area (Å²) < 4.78 is 75.5. The Hall–Kier alpha value is -3.84. The topological polar surface area (TPSA) is 110 Å². The van der Waals surface area contributed by atoms with Crippen molar-refractivity contribution in [2.24, 2.45) is 0 Å². The number of hydrogen-bond acceptors (Lipinski definition) is 8. The van der Waals surface area contributed by atoms with Gasteiger partial charge in [0.2, 0.25) is 0 Å². The number of pyridine rings is 1. The van der Waals surface area contributed by atoms with Gasteiger partial charge >= 0.3 is 6.18 Å². The number of rotatable bonds is 8. The van der Waals surface area contributed by atoms with Gasteiger partial charge in [0.15, 0.2) is 9.84 Å². The largest absolute Gasteiger partial charge is 0.495 e. The van der Waals surface area contributed by atoms with Crippen LogP contribution in [0.3, 0.4) is 0 Å². The number of amides is 1. The first-order valence-corrected chi connectivity index (χ1v) is 13.8. The van der Waals surface area contributed by atoms with Crippen LogP contribution < -0.4 is 15.4 Å². The molecule has 2 N–H and O–H groups in total. The van der Waals surface area contributed by atoms with Crippen LogP contribution in [-0.4, -0.2) is 63.9 Å². The van der Waals surface area contributed by atoms with E-state index in [-0.39, 0.29) is 28.9 Å². The van der Waals surface area contributed by atoms with Crippen molar-refractivity contribution < 1.29 is 35.9 Å². The number of ether oxygens (including phenoxy) is 2. The summed E-state index contributed by atoms with van der Waals surface area (Å²) in [5, 5.41) is 5.69. The zero-order valence-corrected chi connectivity index (χ0v) is 22.0. The lowest BCUT2D eigenvalue weighted by atomic mass is 10.1. The minimum atomic E-state index is -4.68. The predicted octanol–water partition coefficient (Wildman–Crippen LogP) is 4.34. The molecule has 1 aliphatic rings. The highest BCUT2D eigenvalue weighted by molar-refractivity contribution is 7.90. The molecule has 1 saturated heterocycles. The highest BCUT2D eigenvalue weighted by Crippen LogP contribution is 2.37. The predicted molar refractivity (Wildman–Crippen MR) is 139 cm³/mol. The average molecular weight is 565 g/mol. The molecule has 1 aromatic heterocycles. The lowest BCUT2D eigenvalue weighted by Crippen LogP contribution is -2.40. The molecule has 0 radical (unpaired) electrons. The lowest BCUT2D eigenvalue weighted by molar-refractivity contribution is -0.137. The van der Waals surface area contributed by atoms with E-state index in [1.54, 1.807) is 29.2 Å². The molecular formula is C26H27F3N4O5S. The summed E-state index contributed by atoms with van der Waals surface area (Å²) in [5.41, 5.74) is 0.0570. The van der Waals surface area contributed by atoms with E-state index in [0.717, 1.165) is 6.26 Å². The third kappa shape index (κ3) is 6.98. The molecule has 2 heterocycles. The van der Waals surface area contributed by atoms with Gasteiger partial charge in [-0.15, -0.1) is 0 Å². The van der Waals surface area contributed by atoms with E-state index in [4.69, 9.17) is 9.47 Å².